The van der Waals surface area contributed by atoms with Crippen molar-refractivity contribution in [3.05, 3.63) is 34.3 Å². The van der Waals surface area contributed by atoms with Crippen LogP contribution in [-0.4, -0.2) is 16.6 Å². The zero-order chi connectivity index (χ0) is 14.3. The molecule has 4 heteroatoms. The van der Waals surface area contributed by atoms with Crippen molar-refractivity contribution in [1.82, 2.24) is 5.32 Å². The Morgan fingerprint density at radius 1 is 1.32 bits per heavy atom. The first-order valence-electron chi connectivity index (χ1n) is 6.51. The highest BCUT2D eigenvalue weighted by molar-refractivity contribution is 9.10. The Morgan fingerprint density at radius 3 is 2.32 bits per heavy atom. The van der Waals surface area contributed by atoms with Crippen molar-refractivity contribution in [1.29, 1.82) is 0 Å². The zero-order valence-corrected chi connectivity index (χ0v) is 13.1. The third kappa shape index (κ3) is 3.18. The van der Waals surface area contributed by atoms with Crippen molar-refractivity contribution in [2.75, 3.05) is 0 Å². The smallest absolute Gasteiger partial charge is 0.226 e. The molecule has 1 aromatic carbocycles. The summed E-state index contributed by atoms with van der Waals surface area (Å²) < 4.78 is 1.02. The van der Waals surface area contributed by atoms with Crippen LogP contribution in [0.3, 0.4) is 0 Å². The summed E-state index contributed by atoms with van der Waals surface area (Å²) in [5.74, 6) is 0.0226. The second kappa shape index (κ2) is 4.91. The van der Waals surface area contributed by atoms with Crippen LogP contribution in [0.25, 0.3) is 0 Å². The minimum absolute atomic E-state index is 0.0226. The lowest BCUT2D eigenvalue weighted by Crippen LogP contribution is -2.56. The van der Waals surface area contributed by atoms with Gasteiger partial charge in [-0.25, -0.2) is 0 Å². The molecule has 0 aliphatic heterocycles. The first kappa shape index (κ1) is 14.5. The van der Waals surface area contributed by atoms with Crippen LogP contribution in [0.4, 0.5) is 0 Å². The van der Waals surface area contributed by atoms with E-state index < -0.39 is 11.0 Å². The summed E-state index contributed by atoms with van der Waals surface area (Å²) in [5.41, 5.74) is -0.0497. The van der Waals surface area contributed by atoms with Gasteiger partial charge in [-0.1, -0.05) is 35.0 Å². The van der Waals surface area contributed by atoms with E-state index in [0.717, 1.165) is 10.0 Å². The van der Waals surface area contributed by atoms with Gasteiger partial charge in [0.1, 0.15) is 0 Å². The van der Waals surface area contributed by atoms with Gasteiger partial charge in [0.25, 0.3) is 0 Å². The molecule has 2 rings (SSSR count). The molecule has 0 bridgehead atoms. The molecule has 0 unspecified atom stereocenters. The maximum absolute atomic E-state index is 12.3. The van der Waals surface area contributed by atoms with Gasteiger partial charge >= 0.3 is 0 Å². The number of carbonyl (C=O) groups is 1. The molecule has 0 aromatic heterocycles. The molecule has 0 spiro atoms. The van der Waals surface area contributed by atoms with E-state index in [2.05, 4.69) is 21.2 Å². The lowest BCUT2D eigenvalue weighted by molar-refractivity contribution is -0.157. The Hall–Kier alpha value is -0.870. The summed E-state index contributed by atoms with van der Waals surface area (Å²) in [6.07, 6.45) is 1.05. The fourth-order valence-corrected chi connectivity index (χ4v) is 3.26. The predicted molar refractivity (Wildman–Crippen MR) is 78.7 cm³/mol. The Morgan fingerprint density at radius 2 is 1.84 bits per heavy atom. The first-order chi connectivity index (χ1) is 8.72. The molecule has 1 atom stereocenters. The minimum Gasteiger partial charge on any atom is -0.390 e. The Kier molecular flexibility index (Phi) is 3.76. The molecule has 0 radical (unpaired) electrons. The molecule has 1 fully saturated rings. The highest BCUT2D eigenvalue weighted by atomic mass is 79.9. The van der Waals surface area contributed by atoms with Gasteiger partial charge in [0, 0.05) is 4.47 Å². The van der Waals surface area contributed by atoms with E-state index in [9.17, 15) is 9.90 Å². The molecule has 19 heavy (non-hydrogen) atoms. The molecule has 104 valence electrons. The van der Waals surface area contributed by atoms with Crippen LogP contribution >= 0.6 is 15.9 Å². The normalized spacial score (nSPS) is 31.4. The number of amides is 1. The van der Waals surface area contributed by atoms with E-state index in [1.165, 1.54) is 0 Å². The molecule has 0 heterocycles. The van der Waals surface area contributed by atoms with Gasteiger partial charge < -0.3 is 10.4 Å². The second-order valence-corrected chi connectivity index (χ2v) is 7.07. The van der Waals surface area contributed by atoms with Crippen LogP contribution in [0.2, 0.25) is 0 Å². The number of benzene rings is 1. The molecule has 1 aliphatic rings. The quantitative estimate of drug-likeness (QED) is 0.896. The van der Waals surface area contributed by atoms with Crippen LogP contribution in [0.1, 0.15) is 45.2 Å². The summed E-state index contributed by atoms with van der Waals surface area (Å²) in [6.45, 7) is 5.66. The summed E-state index contributed by atoms with van der Waals surface area (Å²) in [7, 11) is 0. The number of rotatable bonds is 3. The molecule has 0 saturated heterocycles. The van der Waals surface area contributed by atoms with E-state index in [4.69, 9.17) is 0 Å². The Bertz CT molecular complexity index is 473. The number of carbonyl (C=O) groups excluding carboxylic acids is 1. The highest BCUT2D eigenvalue weighted by Crippen LogP contribution is 2.48. The zero-order valence-electron chi connectivity index (χ0n) is 11.5. The van der Waals surface area contributed by atoms with Crippen molar-refractivity contribution in [2.45, 2.75) is 45.3 Å². The van der Waals surface area contributed by atoms with Crippen molar-refractivity contribution >= 4 is 21.8 Å². The minimum atomic E-state index is -0.688. The van der Waals surface area contributed by atoms with E-state index in [-0.39, 0.29) is 11.9 Å². The number of aliphatic hydroxyl groups is 1. The number of hydrogen-bond acceptors (Lipinski definition) is 2. The average molecular weight is 326 g/mol. The largest absolute Gasteiger partial charge is 0.390 e. The lowest BCUT2D eigenvalue weighted by atomic mass is 9.60. The molecule has 2 N–H and O–H groups in total. The SMILES string of the molecule is C[C@@H](NC(=O)C1(C)CC(C)(O)C1)c1ccc(Br)cc1. The van der Waals surface area contributed by atoms with Crippen LogP contribution in [0.15, 0.2) is 28.7 Å². The molecular formula is C15H20BrNO2. The molecule has 1 aromatic rings. The fraction of sp³-hybridized carbons (Fsp3) is 0.533. The van der Waals surface area contributed by atoms with E-state index in [1.54, 1.807) is 6.92 Å². The van der Waals surface area contributed by atoms with Gasteiger partial charge in [-0.05, 0) is 44.4 Å². The Balaban J connectivity index is 1.98. The Labute approximate surface area is 122 Å². The van der Waals surface area contributed by atoms with E-state index >= 15 is 0 Å². The number of hydrogen-bond donors (Lipinski definition) is 2. The van der Waals surface area contributed by atoms with Gasteiger partial charge in [0.15, 0.2) is 0 Å². The summed E-state index contributed by atoms with van der Waals surface area (Å²) in [4.78, 5) is 12.3. The average Bonchev–Trinajstić information content (AvgIpc) is 2.26. The molecule has 3 nitrogen and oxygen atoms in total. The van der Waals surface area contributed by atoms with Crippen molar-refractivity contribution < 1.29 is 9.90 Å². The first-order valence-corrected chi connectivity index (χ1v) is 7.30. The summed E-state index contributed by atoms with van der Waals surface area (Å²) in [6, 6.07) is 7.90. The van der Waals surface area contributed by atoms with Gasteiger partial charge in [-0.3, -0.25) is 4.79 Å². The van der Waals surface area contributed by atoms with Crippen LogP contribution in [-0.2, 0) is 4.79 Å². The molecule has 1 saturated carbocycles. The summed E-state index contributed by atoms with van der Waals surface area (Å²) in [5, 5.41) is 12.8. The fourth-order valence-electron chi connectivity index (χ4n) is 3.00. The third-order valence-corrected chi connectivity index (χ3v) is 4.34. The predicted octanol–water partition coefficient (Wildman–Crippen LogP) is 3.18. The van der Waals surface area contributed by atoms with Crippen LogP contribution < -0.4 is 5.32 Å². The van der Waals surface area contributed by atoms with Gasteiger partial charge in [0.05, 0.1) is 17.1 Å². The maximum atomic E-state index is 12.3. The molecular weight excluding hydrogens is 306 g/mol. The van der Waals surface area contributed by atoms with Crippen molar-refractivity contribution in [2.24, 2.45) is 5.41 Å². The van der Waals surface area contributed by atoms with E-state index in [0.29, 0.717) is 12.8 Å². The molecule has 1 aliphatic carbocycles. The van der Waals surface area contributed by atoms with Crippen molar-refractivity contribution in [3.8, 4) is 0 Å². The highest BCUT2D eigenvalue weighted by Gasteiger charge is 2.52. The van der Waals surface area contributed by atoms with Crippen LogP contribution in [0.5, 0.6) is 0 Å². The van der Waals surface area contributed by atoms with Crippen molar-refractivity contribution in [3.63, 3.8) is 0 Å². The second-order valence-electron chi connectivity index (χ2n) is 6.16. The standard InChI is InChI=1S/C15H20BrNO2/c1-10(11-4-6-12(16)7-5-11)17-13(18)14(2)8-15(3,19)9-14/h4-7,10,19H,8-9H2,1-3H3,(H,17,18)/t10-,14?,15?/m1/s1. The van der Waals surface area contributed by atoms with Gasteiger partial charge in [0.2, 0.25) is 5.91 Å². The summed E-state index contributed by atoms with van der Waals surface area (Å²) >= 11 is 3.39. The van der Waals surface area contributed by atoms with Crippen LogP contribution in [0, 0.1) is 5.41 Å². The maximum Gasteiger partial charge on any atom is 0.226 e. The van der Waals surface area contributed by atoms with E-state index in [1.807, 2.05) is 38.1 Å². The lowest BCUT2D eigenvalue weighted by Gasteiger charge is -2.48. The molecule has 1 amide bonds. The van der Waals surface area contributed by atoms with Gasteiger partial charge in [-0.15, -0.1) is 0 Å². The third-order valence-electron chi connectivity index (χ3n) is 3.81. The monoisotopic (exact) mass is 325 g/mol. The number of halogens is 1. The topological polar surface area (TPSA) is 49.3 Å². The number of nitrogens with one attached hydrogen (secondary N) is 1. The van der Waals surface area contributed by atoms with Gasteiger partial charge in [-0.2, -0.15) is 0 Å².